The first-order valence-electron chi connectivity index (χ1n) is 7.54. The molecule has 118 valence electrons. The second kappa shape index (κ2) is 5.81. The Labute approximate surface area is 138 Å². The lowest BCUT2D eigenvalue weighted by Gasteiger charge is -2.10. The second-order valence-electron chi connectivity index (χ2n) is 5.44. The molecular formula is C20H14FNO2. The van der Waals surface area contributed by atoms with Crippen molar-refractivity contribution in [2.75, 3.05) is 7.11 Å². The van der Waals surface area contributed by atoms with Gasteiger partial charge in [-0.05, 0) is 35.2 Å². The van der Waals surface area contributed by atoms with Crippen LogP contribution >= 0.6 is 0 Å². The minimum atomic E-state index is -0.292. The lowest BCUT2D eigenvalue weighted by molar-refractivity contribution is 0.419. The average Bonchev–Trinajstić information content (AvgIpc) is 3.10. The van der Waals surface area contributed by atoms with E-state index < -0.39 is 0 Å². The van der Waals surface area contributed by atoms with Crippen LogP contribution in [0.2, 0.25) is 0 Å². The zero-order valence-electron chi connectivity index (χ0n) is 13.0. The fraction of sp³-hybridized carbons (Fsp3) is 0.0500. The molecule has 24 heavy (non-hydrogen) atoms. The summed E-state index contributed by atoms with van der Waals surface area (Å²) in [6, 6.07) is 18.2. The Morgan fingerprint density at radius 2 is 1.75 bits per heavy atom. The first-order chi connectivity index (χ1) is 11.8. The van der Waals surface area contributed by atoms with Gasteiger partial charge in [-0.25, -0.2) is 4.39 Å². The number of nitrogens with zero attached hydrogens (tertiary/aromatic N) is 1. The van der Waals surface area contributed by atoms with Gasteiger partial charge in [-0.1, -0.05) is 41.6 Å². The predicted octanol–water partition coefficient (Wildman–Crippen LogP) is 5.31. The van der Waals surface area contributed by atoms with Crippen molar-refractivity contribution in [1.29, 1.82) is 0 Å². The molecule has 0 saturated heterocycles. The SMILES string of the molecule is COc1ccc(-c2oncc2-c2cccc(F)c2)c2ccccc12. The number of ether oxygens (including phenoxy) is 1. The summed E-state index contributed by atoms with van der Waals surface area (Å²) >= 11 is 0. The van der Waals surface area contributed by atoms with E-state index in [0.717, 1.165) is 33.2 Å². The molecular weight excluding hydrogens is 305 g/mol. The van der Waals surface area contributed by atoms with Crippen LogP contribution in [-0.4, -0.2) is 12.3 Å². The molecule has 4 rings (SSSR count). The number of fused-ring (bicyclic) bond motifs is 1. The zero-order chi connectivity index (χ0) is 16.5. The molecule has 3 aromatic carbocycles. The number of methoxy groups -OCH3 is 1. The lowest BCUT2D eigenvalue weighted by atomic mass is 9.97. The standard InChI is InChI=1S/C20H14FNO2/c1-23-19-10-9-17(15-7-2-3-8-16(15)19)20-18(12-22-24-20)13-5-4-6-14(21)11-13/h2-12H,1H3. The largest absolute Gasteiger partial charge is 0.496 e. The van der Waals surface area contributed by atoms with Gasteiger partial charge in [-0.2, -0.15) is 0 Å². The number of hydrogen-bond acceptors (Lipinski definition) is 3. The number of rotatable bonds is 3. The van der Waals surface area contributed by atoms with Gasteiger partial charge >= 0.3 is 0 Å². The van der Waals surface area contributed by atoms with Gasteiger partial charge in [0.2, 0.25) is 0 Å². The van der Waals surface area contributed by atoms with Crippen LogP contribution in [0.4, 0.5) is 4.39 Å². The molecule has 0 unspecified atom stereocenters. The summed E-state index contributed by atoms with van der Waals surface area (Å²) < 4.78 is 24.5. The molecule has 4 heteroatoms. The Morgan fingerprint density at radius 1 is 0.917 bits per heavy atom. The van der Waals surface area contributed by atoms with Crippen LogP contribution in [0.25, 0.3) is 33.2 Å². The molecule has 0 saturated carbocycles. The van der Waals surface area contributed by atoms with Crippen LogP contribution in [0.15, 0.2) is 71.4 Å². The van der Waals surface area contributed by atoms with Crippen molar-refractivity contribution in [2.24, 2.45) is 0 Å². The first kappa shape index (κ1) is 14.5. The van der Waals surface area contributed by atoms with Gasteiger partial charge in [0.1, 0.15) is 11.6 Å². The van der Waals surface area contributed by atoms with Crippen LogP contribution in [0.5, 0.6) is 5.75 Å². The van der Waals surface area contributed by atoms with Crippen LogP contribution in [-0.2, 0) is 0 Å². The van der Waals surface area contributed by atoms with Gasteiger partial charge in [0.05, 0.1) is 13.3 Å². The van der Waals surface area contributed by atoms with Crippen LogP contribution in [0.1, 0.15) is 0 Å². The van der Waals surface area contributed by atoms with E-state index in [2.05, 4.69) is 5.16 Å². The quantitative estimate of drug-likeness (QED) is 0.513. The fourth-order valence-corrected chi connectivity index (χ4v) is 2.94. The Hall–Kier alpha value is -3.14. The molecule has 1 aromatic heterocycles. The Balaban J connectivity index is 1.96. The summed E-state index contributed by atoms with van der Waals surface area (Å²) in [5, 5.41) is 5.90. The van der Waals surface area contributed by atoms with E-state index in [4.69, 9.17) is 9.26 Å². The van der Waals surface area contributed by atoms with Crippen molar-refractivity contribution < 1.29 is 13.7 Å². The lowest BCUT2D eigenvalue weighted by Crippen LogP contribution is -1.88. The molecule has 0 aliphatic rings. The van der Waals surface area contributed by atoms with Crippen molar-refractivity contribution in [3.8, 4) is 28.2 Å². The van der Waals surface area contributed by atoms with Crippen LogP contribution < -0.4 is 4.74 Å². The van der Waals surface area contributed by atoms with Crippen molar-refractivity contribution >= 4 is 10.8 Å². The average molecular weight is 319 g/mol. The van der Waals surface area contributed by atoms with E-state index in [9.17, 15) is 4.39 Å². The predicted molar refractivity (Wildman–Crippen MR) is 91.4 cm³/mol. The minimum Gasteiger partial charge on any atom is -0.496 e. The number of hydrogen-bond donors (Lipinski definition) is 0. The number of aromatic nitrogens is 1. The summed E-state index contributed by atoms with van der Waals surface area (Å²) in [4.78, 5) is 0. The molecule has 0 bridgehead atoms. The molecule has 1 heterocycles. The number of halogens is 1. The normalized spacial score (nSPS) is 10.9. The summed E-state index contributed by atoms with van der Waals surface area (Å²) in [5.41, 5.74) is 2.37. The van der Waals surface area contributed by atoms with E-state index in [1.165, 1.54) is 12.1 Å². The van der Waals surface area contributed by atoms with Crippen LogP contribution in [0.3, 0.4) is 0 Å². The maximum absolute atomic E-state index is 13.6. The third-order valence-corrected chi connectivity index (χ3v) is 4.05. The number of benzene rings is 3. The molecule has 0 spiro atoms. The van der Waals surface area contributed by atoms with E-state index in [0.29, 0.717) is 5.76 Å². The van der Waals surface area contributed by atoms with Crippen LogP contribution in [0, 0.1) is 5.82 Å². The van der Waals surface area contributed by atoms with E-state index in [1.807, 2.05) is 42.5 Å². The topological polar surface area (TPSA) is 35.3 Å². The molecule has 0 radical (unpaired) electrons. The van der Waals surface area contributed by atoms with Gasteiger partial charge in [0.15, 0.2) is 5.76 Å². The molecule has 4 aromatic rings. The van der Waals surface area contributed by atoms with E-state index in [-0.39, 0.29) is 5.82 Å². The third kappa shape index (κ3) is 2.33. The van der Waals surface area contributed by atoms with Crippen molar-refractivity contribution in [3.05, 3.63) is 72.7 Å². The Morgan fingerprint density at radius 3 is 2.54 bits per heavy atom. The summed E-state index contributed by atoms with van der Waals surface area (Å²) in [7, 11) is 1.65. The molecule has 0 amide bonds. The molecule has 0 atom stereocenters. The zero-order valence-corrected chi connectivity index (χ0v) is 13.0. The monoisotopic (exact) mass is 319 g/mol. The smallest absolute Gasteiger partial charge is 0.175 e. The van der Waals surface area contributed by atoms with E-state index >= 15 is 0 Å². The van der Waals surface area contributed by atoms with Gasteiger partial charge < -0.3 is 9.26 Å². The molecule has 0 fully saturated rings. The highest BCUT2D eigenvalue weighted by Crippen LogP contribution is 2.39. The fourth-order valence-electron chi connectivity index (χ4n) is 2.94. The van der Waals surface area contributed by atoms with Crippen molar-refractivity contribution in [2.45, 2.75) is 0 Å². The van der Waals surface area contributed by atoms with Crippen molar-refractivity contribution in [3.63, 3.8) is 0 Å². The van der Waals surface area contributed by atoms with Gasteiger partial charge in [-0.3, -0.25) is 0 Å². The first-order valence-corrected chi connectivity index (χ1v) is 7.54. The molecule has 3 nitrogen and oxygen atoms in total. The molecule has 0 N–H and O–H groups in total. The highest BCUT2D eigenvalue weighted by molar-refractivity contribution is 6.01. The maximum Gasteiger partial charge on any atom is 0.175 e. The Bertz CT molecular complexity index is 1020. The summed E-state index contributed by atoms with van der Waals surface area (Å²) in [6.07, 6.45) is 1.61. The minimum absolute atomic E-state index is 0.292. The van der Waals surface area contributed by atoms with E-state index in [1.54, 1.807) is 19.4 Å². The Kier molecular flexibility index (Phi) is 3.50. The molecule has 0 aliphatic carbocycles. The van der Waals surface area contributed by atoms with Gasteiger partial charge in [-0.15, -0.1) is 0 Å². The molecule has 0 aliphatic heterocycles. The highest BCUT2D eigenvalue weighted by Gasteiger charge is 2.17. The summed E-state index contributed by atoms with van der Waals surface area (Å²) in [5.74, 6) is 1.11. The van der Waals surface area contributed by atoms with Gasteiger partial charge in [0, 0.05) is 16.5 Å². The highest BCUT2D eigenvalue weighted by atomic mass is 19.1. The second-order valence-corrected chi connectivity index (χ2v) is 5.44. The van der Waals surface area contributed by atoms with Gasteiger partial charge in [0.25, 0.3) is 0 Å². The maximum atomic E-state index is 13.6. The van der Waals surface area contributed by atoms with Crippen molar-refractivity contribution in [1.82, 2.24) is 5.16 Å². The summed E-state index contributed by atoms with van der Waals surface area (Å²) in [6.45, 7) is 0. The third-order valence-electron chi connectivity index (χ3n) is 4.05.